The average molecular weight is 714 g/mol. The van der Waals surface area contributed by atoms with Gasteiger partial charge in [0.15, 0.2) is 5.71 Å². The van der Waals surface area contributed by atoms with Crippen LogP contribution in [0.5, 0.6) is 0 Å². The number of anilines is 2. The molecule has 2 aromatic rings. The quantitative estimate of drug-likeness (QED) is 0.0778. The maximum absolute atomic E-state index is 13.1. The highest BCUT2D eigenvalue weighted by Gasteiger charge is 2.27. The number of benzene rings is 2. The molecule has 0 aromatic heterocycles. The van der Waals surface area contributed by atoms with Gasteiger partial charge in [0.05, 0.1) is 6.61 Å². The number of nitrogens with zero attached hydrogens (tertiary/aromatic N) is 6. The summed E-state index contributed by atoms with van der Waals surface area (Å²) in [5.41, 5.74) is 8.28. The van der Waals surface area contributed by atoms with Gasteiger partial charge in [0.2, 0.25) is 12.5 Å². The number of hydrogen-bond acceptors (Lipinski definition) is 6. The fourth-order valence-corrected chi connectivity index (χ4v) is 8.01. The van der Waals surface area contributed by atoms with Gasteiger partial charge in [-0.1, -0.05) is 24.3 Å². The lowest BCUT2D eigenvalue weighted by atomic mass is 9.90. The van der Waals surface area contributed by atoms with Gasteiger partial charge >= 0.3 is 0 Å². The van der Waals surface area contributed by atoms with E-state index in [2.05, 4.69) is 153 Å². The number of unbranched alkanes of at least 4 members (excludes halogenated alkanes) is 1. The molecule has 1 atom stereocenters. The monoisotopic (exact) mass is 713 g/mol. The van der Waals surface area contributed by atoms with E-state index in [0.29, 0.717) is 26.2 Å². The number of carbonyl (C=O) groups excluding carboxylic acids is 1. The lowest BCUT2D eigenvalue weighted by molar-refractivity contribution is -0.462. The van der Waals surface area contributed by atoms with Crippen molar-refractivity contribution in [3.05, 3.63) is 101 Å². The van der Waals surface area contributed by atoms with Crippen molar-refractivity contribution in [3.8, 4) is 0 Å². The maximum Gasteiger partial charge on any atom is 0.259 e. The van der Waals surface area contributed by atoms with Crippen LogP contribution in [0.2, 0.25) is 0 Å². The van der Waals surface area contributed by atoms with Crippen LogP contribution in [0.15, 0.2) is 78.4 Å². The predicted molar refractivity (Wildman–Crippen MR) is 214 cm³/mol. The molecular formula is C41H58N6O3P+. The molecule has 0 saturated carbocycles. The van der Waals surface area contributed by atoms with Crippen molar-refractivity contribution < 1.29 is 18.4 Å². The molecule has 2 aromatic carbocycles. The summed E-state index contributed by atoms with van der Waals surface area (Å²) in [5, 5.41) is 0. The molecular weight excluding hydrogens is 655 g/mol. The Morgan fingerprint density at radius 2 is 1.41 bits per heavy atom. The van der Waals surface area contributed by atoms with Crippen LogP contribution in [0.3, 0.4) is 0 Å². The average Bonchev–Trinajstić information content (AvgIpc) is 3.12. The summed E-state index contributed by atoms with van der Waals surface area (Å²) in [4.78, 5) is 23.0. The third-order valence-electron chi connectivity index (χ3n) is 9.14. The molecule has 1 unspecified atom stereocenters. The molecule has 10 heteroatoms. The number of hydrogen-bond donors (Lipinski definition) is 0. The first kappa shape index (κ1) is 40.0. The summed E-state index contributed by atoms with van der Waals surface area (Å²) in [5.74, 6) is 0.214. The Kier molecular flexibility index (Phi) is 15.5. The zero-order valence-corrected chi connectivity index (χ0v) is 32.9. The largest absolute Gasteiger partial charge is 0.378 e. The first-order valence-corrected chi connectivity index (χ1v) is 19.4. The third kappa shape index (κ3) is 11.3. The second-order valence-electron chi connectivity index (χ2n) is 14.0. The van der Waals surface area contributed by atoms with Gasteiger partial charge in [-0.25, -0.2) is 15.8 Å². The number of rotatable bonds is 16. The van der Waals surface area contributed by atoms with Crippen LogP contribution in [-0.2, 0) is 13.8 Å². The van der Waals surface area contributed by atoms with Crippen molar-refractivity contribution >= 4 is 37.1 Å². The molecule has 1 amide bonds. The second kappa shape index (κ2) is 19.7. The first-order valence-electron chi connectivity index (χ1n) is 18.2. The van der Waals surface area contributed by atoms with Gasteiger partial charge in [0, 0.05) is 82.3 Å². The third-order valence-corrected chi connectivity index (χ3v) is 11.2. The fourth-order valence-electron chi connectivity index (χ4n) is 6.39. The van der Waals surface area contributed by atoms with Gasteiger partial charge in [-0.15, -0.1) is 0 Å². The predicted octanol–water partition coefficient (Wildman–Crippen LogP) is 7.51. The van der Waals surface area contributed by atoms with Gasteiger partial charge < -0.3 is 28.6 Å². The highest BCUT2D eigenvalue weighted by Crippen LogP contribution is 2.46. The van der Waals surface area contributed by atoms with Gasteiger partial charge in [-0.05, 0) is 99.2 Å². The van der Waals surface area contributed by atoms with E-state index in [1.165, 1.54) is 39.4 Å². The molecule has 274 valence electrons. The summed E-state index contributed by atoms with van der Waals surface area (Å²) in [7, 11) is 7.02. The fraction of sp³-hybridized carbons (Fsp3) is 0.488. The van der Waals surface area contributed by atoms with Crippen molar-refractivity contribution in [3.63, 3.8) is 0 Å². The molecule has 0 spiro atoms. The smallest absolute Gasteiger partial charge is 0.259 e. The number of piperazine rings is 1. The van der Waals surface area contributed by atoms with E-state index in [1.807, 2.05) is 4.90 Å². The van der Waals surface area contributed by atoms with Gasteiger partial charge in [0.1, 0.15) is 20.7 Å². The van der Waals surface area contributed by atoms with Crippen molar-refractivity contribution in [2.24, 2.45) is 0 Å². The Bertz CT molecular complexity index is 1570. The normalized spacial score (nSPS) is 15.2. The van der Waals surface area contributed by atoms with E-state index in [0.717, 1.165) is 39.0 Å². The zero-order valence-electron chi connectivity index (χ0n) is 32.0. The van der Waals surface area contributed by atoms with Crippen LogP contribution in [0, 0.1) is 6.57 Å². The molecule has 51 heavy (non-hydrogen) atoms. The number of carbonyl (C=O) groups is 1. The van der Waals surface area contributed by atoms with E-state index in [9.17, 15) is 4.79 Å². The van der Waals surface area contributed by atoms with E-state index < -0.39 is 8.53 Å². The van der Waals surface area contributed by atoms with Gasteiger partial charge in [0.25, 0.3) is 8.53 Å². The molecule has 4 rings (SSSR count). The molecule has 0 radical (unpaired) electrons. The van der Waals surface area contributed by atoms with Gasteiger partial charge in [-0.2, -0.15) is 0 Å². The van der Waals surface area contributed by atoms with Crippen molar-refractivity contribution in [2.75, 3.05) is 83.9 Å². The van der Waals surface area contributed by atoms with Crippen molar-refractivity contribution in [1.82, 2.24) is 9.57 Å². The number of amides is 1. The van der Waals surface area contributed by atoms with Crippen LogP contribution in [0.25, 0.3) is 10.4 Å². The molecule has 0 bridgehead atoms. The van der Waals surface area contributed by atoms with Crippen molar-refractivity contribution in [1.29, 1.82) is 0 Å². The summed E-state index contributed by atoms with van der Waals surface area (Å²) < 4.78 is 16.5. The van der Waals surface area contributed by atoms with Crippen LogP contribution < -0.4 is 9.80 Å². The standard InChI is InChI=1S/C41H58N6O3P/c1-32(2)47(33(3)4)51(50-31-25-42-5)49-30-11-10-12-40(48)46-28-26-45(27-29-46)39-23-17-36(18-24-39)41(34-13-19-37(20-14-34)43(6)7)35-15-21-38(22-16-35)44(8)9/h13-24,32-33H,10-12,25-31H2,1-4,6-9H3/q+1. The summed E-state index contributed by atoms with van der Waals surface area (Å²) >= 11 is 0. The Balaban J connectivity index is 1.32. The van der Waals surface area contributed by atoms with E-state index in [4.69, 9.17) is 15.6 Å². The lowest BCUT2D eigenvalue weighted by Gasteiger charge is -2.36. The van der Waals surface area contributed by atoms with Crippen LogP contribution in [0.1, 0.15) is 58.1 Å². The first-order chi connectivity index (χ1) is 24.5. The summed E-state index contributed by atoms with van der Waals surface area (Å²) in [6, 6.07) is 18.2. The molecule has 2 aliphatic rings. The zero-order chi connectivity index (χ0) is 36.9. The molecule has 1 fully saturated rings. The Morgan fingerprint density at radius 3 is 1.94 bits per heavy atom. The second-order valence-corrected chi connectivity index (χ2v) is 15.4. The summed E-state index contributed by atoms with van der Waals surface area (Å²) in [6.45, 7) is 19.9. The minimum absolute atomic E-state index is 0.214. The van der Waals surface area contributed by atoms with Crippen LogP contribution in [0.4, 0.5) is 11.4 Å². The minimum atomic E-state index is -1.24. The number of allylic oxidation sites excluding steroid dienone is 5. The Labute approximate surface area is 308 Å². The maximum atomic E-state index is 13.1. The van der Waals surface area contributed by atoms with Crippen LogP contribution >= 0.6 is 8.53 Å². The molecule has 9 nitrogen and oxygen atoms in total. The van der Waals surface area contributed by atoms with E-state index >= 15 is 0 Å². The SMILES string of the molecule is [C-]#[N+]CCOP(OCCCCC(=O)N1CCN(c2ccc(C(=C3C=CC(=[N+](C)C)C=C3)c3ccc(N(C)C)cc3)cc2)CC1)N(C(C)C)C(C)C. The Hall–Kier alpha value is -3.80. The lowest BCUT2D eigenvalue weighted by Crippen LogP contribution is -2.48. The molecule has 1 saturated heterocycles. The van der Waals surface area contributed by atoms with E-state index in [1.54, 1.807) is 0 Å². The van der Waals surface area contributed by atoms with Crippen molar-refractivity contribution in [2.45, 2.75) is 59.0 Å². The van der Waals surface area contributed by atoms with E-state index in [-0.39, 0.29) is 18.0 Å². The topological polar surface area (TPSA) is 55.9 Å². The van der Waals surface area contributed by atoms with Gasteiger partial charge in [-0.3, -0.25) is 4.79 Å². The highest BCUT2D eigenvalue weighted by atomic mass is 31.2. The highest BCUT2D eigenvalue weighted by molar-refractivity contribution is 7.44. The molecule has 1 aliphatic carbocycles. The molecule has 1 heterocycles. The summed E-state index contributed by atoms with van der Waals surface area (Å²) in [6.07, 6.45) is 10.9. The van der Waals surface area contributed by atoms with Crippen LogP contribution in [-0.4, -0.2) is 112 Å². The minimum Gasteiger partial charge on any atom is -0.378 e. The molecule has 1 aliphatic heterocycles. The molecule has 0 N–H and O–H groups in total. The Morgan fingerprint density at radius 1 is 0.843 bits per heavy atom.